The quantitative estimate of drug-likeness (QED) is 0.799. The van der Waals surface area contributed by atoms with Crippen molar-refractivity contribution < 1.29 is 12.9 Å². The summed E-state index contributed by atoms with van der Waals surface area (Å²) in [7, 11) is -3.16. The number of aromatic nitrogens is 2. The highest BCUT2D eigenvalue weighted by Gasteiger charge is 2.25. The summed E-state index contributed by atoms with van der Waals surface area (Å²) in [6.45, 7) is 3.48. The number of hydrogen-bond acceptors (Lipinski definition) is 6. The second kappa shape index (κ2) is 4.14. The number of hydrogen-bond donors (Lipinski definition) is 1. The van der Waals surface area contributed by atoms with Crippen LogP contribution in [0.4, 0.5) is 0 Å². The van der Waals surface area contributed by atoms with Crippen molar-refractivity contribution in [3.8, 4) is 0 Å². The van der Waals surface area contributed by atoms with Gasteiger partial charge in [0, 0.05) is 12.7 Å². The first-order chi connectivity index (χ1) is 7.47. The molecule has 90 valence electrons. The maximum Gasteiger partial charge on any atom is 0.227 e. The lowest BCUT2D eigenvalue weighted by atomic mass is 10.00. The van der Waals surface area contributed by atoms with Crippen LogP contribution >= 0.6 is 0 Å². The summed E-state index contributed by atoms with van der Waals surface area (Å²) in [5.41, 5.74) is 0. The molecule has 7 heteroatoms. The highest BCUT2D eigenvalue weighted by Crippen LogP contribution is 2.19. The number of nitrogens with zero attached hydrogens (tertiary/aromatic N) is 2. The number of rotatable bonds is 4. The summed E-state index contributed by atoms with van der Waals surface area (Å²) >= 11 is 0. The molecule has 1 saturated heterocycles. The van der Waals surface area contributed by atoms with Gasteiger partial charge in [0.2, 0.25) is 5.89 Å². The van der Waals surface area contributed by atoms with Crippen LogP contribution in [0.25, 0.3) is 0 Å². The zero-order chi connectivity index (χ0) is 11.8. The zero-order valence-electron chi connectivity index (χ0n) is 9.30. The largest absolute Gasteiger partial charge is 0.339 e. The standard InChI is InChI=1S/C9H15N3O3S/c1-6(16(2,13)14)9-11-8(15-12-9)3-7-4-10-5-7/h6-7,10H,3-5H2,1-2H3. The molecule has 6 nitrogen and oxygen atoms in total. The van der Waals surface area contributed by atoms with E-state index >= 15 is 0 Å². The molecule has 1 aromatic rings. The Bertz CT molecular complexity index is 464. The minimum atomic E-state index is -3.16. The van der Waals surface area contributed by atoms with E-state index < -0.39 is 15.1 Å². The molecule has 0 spiro atoms. The second-order valence-electron chi connectivity index (χ2n) is 4.25. The first-order valence-corrected chi connectivity index (χ1v) is 7.14. The Labute approximate surface area is 94.3 Å². The van der Waals surface area contributed by atoms with Gasteiger partial charge in [-0.3, -0.25) is 0 Å². The molecule has 2 rings (SSSR count). The third-order valence-electron chi connectivity index (χ3n) is 2.82. The van der Waals surface area contributed by atoms with Crippen molar-refractivity contribution >= 4 is 9.84 Å². The molecule has 0 radical (unpaired) electrons. The SMILES string of the molecule is CC(c1noc(CC2CNC2)n1)S(C)(=O)=O. The van der Waals surface area contributed by atoms with Crippen molar-refractivity contribution in [3.63, 3.8) is 0 Å². The van der Waals surface area contributed by atoms with E-state index in [0.29, 0.717) is 11.8 Å². The van der Waals surface area contributed by atoms with E-state index in [2.05, 4.69) is 15.5 Å². The van der Waals surface area contributed by atoms with Crippen LogP contribution in [0.1, 0.15) is 23.9 Å². The fraction of sp³-hybridized carbons (Fsp3) is 0.778. The van der Waals surface area contributed by atoms with Crippen LogP contribution < -0.4 is 5.32 Å². The fourth-order valence-electron chi connectivity index (χ4n) is 1.45. The van der Waals surface area contributed by atoms with Crippen LogP contribution in [-0.2, 0) is 16.3 Å². The molecule has 1 aliphatic rings. The average Bonchev–Trinajstić information content (AvgIpc) is 2.56. The Balaban J connectivity index is 2.06. The lowest BCUT2D eigenvalue weighted by Gasteiger charge is -2.25. The van der Waals surface area contributed by atoms with E-state index in [1.807, 2.05) is 0 Å². The third-order valence-corrected chi connectivity index (χ3v) is 4.31. The van der Waals surface area contributed by atoms with Gasteiger partial charge in [0.05, 0.1) is 0 Å². The summed E-state index contributed by atoms with van der Waals surface area (Å²) in [6, 6.07) is 0. The van der Waals surface area contributed by atoms with Crippen LogP contribution in [0.2, 0.25) is 0 Å². The molecular weight excluding hydrogens is 230 g/mol. The predicted octanol–water partition coefficient (Wildman–Crippen LogP) is -0.0629. The normalized spacial score (nSPS) is 19.4. The average molecular weight is 245 g/mol. The van der Waals surface area contributed by atoms with Gasteiger partial charge in [-0.2, -0.15) is 4.98 Å². The van der Waals surface area contributed by atoms with Gasteiger partial charge >= 0.3 is 0 Å². The zero-order valence-corrected chi connectivity index (χ0v) is 10.1. The molecule has 1 atom stereocenters. The smallest absolute Gasteiger partial charge is 0.227 e. The number of sulfone groups is 1. The summed E-state index contributed by atoms with van der Waals surface area (Å²) < 4.78 is 27.6. The van der Waals surface area contributed by atoms with Gasteiger partial charge in [0.15, 0.2) is 15.7 Å². The summed E-state index contributed by atoms with van der Waals surface area (Å²) in [6.07, 6.45) is 1.89. The van der Waals surface area contributed by atoms with Crippen molar-refractivity contribution in [2.75, 3.05) is 19.3 Å². The van der Waals surface area contributed by atoms with E-state index in [9.17, 15) is 8.42 Å². The summed E-state index contributed by atoms with van der Waals surface area (Å²) in [5, 5.41) is 6.15. The molecule has 1 N–H and O–H groups in total. The third kappa shape index (κ3) is 2.41. The highest BCUT2D eigenvalue weighted by molar-refractivity contribution is 7.90. The van der Waals surface area contributed by atoms with Gasteiger partial charge in [0.25, 0.3) is 0 Å². The Kier molecular flexibility index (Phi) is 2.98. The highest BCUT2D eigenvalue weighted by atomic mass is 32.2. The van der Waals surface area contributed by atoms with Crippen molar-refractivity contribution in [2.45, 2.75) is 18.6 Å². The van der Waals surface area contributed by atoms with Crippen molar-refractivity contribution in [3.05, 3.63) is 11.7 Å². The minimum absolute atomic E-state index is 0.254. The Morgan fingerprint density at radius 1 is 1.56 bits per heavy atom. The molecule has 1 aliphatic heterocycles. The van der Waals surface area contributed by atoms with Gasteiger partial charge in [0.1, 0.15) is 5.25 Å². The predicted molar refractivity (Wildman–Crippen MR) is 57.6 cm³/mol. The van der Waals surface area contributed by atoms with Crippen LogP contribution in [0.3, 0.4) is 0 Å². The van der Waals surface area contributed by atoms with Gasteiger partial charge < -0.3 is 9.84 Å². The van der Waals surface area contributed by atoms with E-state index in [1.54, 1.807) is 6.92 Å². The molecule has 1 unspecified atom stereocenters. The molecule has 1 aromatic heterocycles. The van der Waals surface area contributed by atoms with Crippen LogP contribution in [0.15, 0.2) is 4.52 Å². The Morgan fingerprint density at radius 3 is 2.75 bits per heavy atom. The molecule has 0 amide bonds. The first-order valence-electron chi connectivity index (χ1n) is 5.19. The fourth-order valence-corrected chi connectivity index (χ4v) is 1.93. The maximum absolute atomic E-state index is 11.3. The minimum Gasteiger partial charge on any atom is -0.339 e. The number of nitrogens with one attached hydrogen (secondary N) is 1. The topological polar surface area (TPSA) is 85.1 Å². The van der Waals surface area contributed by atoms with Gasteiger partial charge in [-0.15, -0.1) is 0 Å². The lowest BCUT2D eigenvalue weighted by Crippen LogP contribution is -2.43. The van der Waals surface area contributed by atoms with Gasteiger partial charge in [-0.1, -0.05) is 5.16 Å². The monoisotopic (exact) mass is 245 g/mol. The van der Waals surface area contributed by atoms with Crippen LogP contribution in [0.5, 0.6) is 0 Å². The van der Waals surface area contributed by atoms with E-state index in [1.165, 1.54) is 6.26 Å². The Hall–Kier alpha value is -0.950. The molecule has 0 bridgehead atoms. The van der Waals surface area contributed by atoms with E-state index in [-0.39, 0.29) is 5.82 Å². The molecular formula is C9H15N3O3S. The molecule has 0 aromatic carbocycles. The maximum atomic E-state index is 11.3. The van der Waals surface area contributed by atoms with Gasteiger partial charge in [-0.25, -0.2) is 8.42 Å². The van der Waals surface area contributed by atoms with Crippen LogP contribution in [0, 0.1) is 5.92 Å². The van der Waals surface area contributed by atoms with Crippen molar-refractivity contribution in [2.24, 2.45) is 5.92 Å². The van der Waals surface area contributed by atoms with Gasteiger partial charge in [-0.05, 0) is 25.9 Å². The Morgan fingerprint density at radius 2 is 2.25 bits per heavy atom. The van der Waals surface area contributed by atoms with Crippen LogP contribution in [-0.4, -0.2) is 37.9 Å². The molecule has 2 heterocycles. The van der Waals surface area contributed by atoms with Crippen molar-refractivity contribution in [1.82, 2.24) is 15.5 Å². The van der Waals surface area contributed by atoms with E-state index in [4.69, 9.17) is 4.52 Å². The first kappa shape index (κ1) is 11.5. The molecule has 0 aliphatic carbocycles. The second-order valence-corrected chi connectivity index (χ2v) is 6.61. The molecule has 0 saturated carbocycles. The summed E-state index contributed by atoms with van der Waals surface area (Å²) in [5.74, 6) is 1.31. The van der Waals surface area contributed by atoms with Crippen molar-refractivity contribution in [1.29, 1.82) is 0 Å². The van der Waals surface area contributed by atoms with E-state index in [0.717, 1.165) is 19.5 Å². The molecule has 1 fully saturated rings. The molecule has 16 heavy (non-hydrogen) atoms. The summed E-state index contributed by atoms with van der Waals surface area (Å²) in [4.78, 5) is 4.11. The lowest BCUT2D eigenvalue weighted by molar-refractivity contribution is 0.295.